The summed E-state index contributed by atoms with van der Waals surface area (Å²) in [7, 11) is 0. The van der Waals surface area contributed by atoms with Crippen LogP contribution in [0.25, 0.3) is 0 Å². The van der Waals surface area contributed by atoms with Crippen LogP contribution < -0.4 is 5.32 Å². The Kier molecular flexibility index (Phi) is 4.10. The molecule has 0 saturated heterocycles. The van der Waals surface area contributed by atoms with Gasteiger partial charge in [0.05, 0.1) is 12.0 Å². The number of hydrogen-bond acceptors (Lipinski definition) is 3. The standard InChI is InChI=1S/C15H14N2O3/c1-10-8-12(15(19)20)2-3-13(10)17-14(18)9-11-4-6-16-7-5-11/h2-8H,9H2,1H3,(H,17,18)(H,19,20). The van der Waals surface area contributed by atoms with Crippen molar-refractivity contribution in [2.24, 2.45) is 0 Å². The number of carbonyl (C=O) groups is 2. The summed E-state index contributed by atoms with van der Waals surface area (Å²) in [5, 5.41) is 11.7. The van der Waals surface area contributed by atoms with Gasteiger partial charge < -0.3 is 10.4 Å². The summed E-state index contributed by atoms with van der Waals surface area (Å²) in [5.41, 5.74) is 2.41. The van der Waals surface area contributed by atoms with Gasteiger partial charge in [0, 0.05) is 18.1 Å². The number of nitrogens with one attached hydrogen (secondary N) is 1. The van der Waals surface area contributed by atoms with Gasteiger partial charge in [-0.2, -0.15) is 0 Å². The summed E-state index contributed by atoms with van der Waals surface area (Å²) in [4.78, 5) is 26.6. The lowest BCUT2D eigenvalue weighted by atomic mass is 10.1. The molecule has 2 rings (SSSR count). The number of rotatable bonds is 4. The molecule has 0 fully saturated rings. The number of carbonyl (C=O) groups excluding carboxylic acids is 1. The number of amides is 1. The largest absolute Gasteiger partial charge is 0.478 e. The minimum atomic E-state index is -0.984. The van der Waals surface area contributed by atoms with E-state index in [0.29, 0.717) is 11.3 Å². The van der Waals surface area contributed by atoms with Crippen LogP contribution in [0, 0.1) is 6.92 Å². The first-order chi connectivity index (χ1) is 9.56. The van der Waals surface area contributed by atoms with Crippen LogP contribution in [0.3, 0.4) is 0 Å². The predicted octanol–water partition coefficient (Wildman–Crippen LogP) is 2.27. The molecule has 1 aromatic heterocycles. The van der Waals surface area contributed by atoms with Crippen LogP contribution in [-0.2, 0) is 11.2 Å². The van der Waals surface area contributed by atoms with Crippen LogP contribution in [0.2, 0.25) is 0 Å². The second-order valence-electron chi connectivity index (χ2n) is 4.42. The molecule has 0 aliphatic carbocycles. The summed E-state index contributed by atoms with van der Waals surface area (Å²) in [6, 6.07) is 8.16. The lowest BCUT2D eigenvalue weighted by molar-refractivity contribution is -0.115. The third kappa shape index (κ3) is 3.41. The maximum Gasteiger partial charge on any atom is 0.335 e. The van der Waals surface area contributed by atoms with Gasteiger partial charge >= 0.3 is 5.97 Å². The van der Waals surface area contributed by atoms with E-state index in [9.17, 15) is 9.59 Å². The minimum absolute atomic E-state index is 0.151. The zero-order valence-corrected chi connectivity index (χ0v) is 11.0. The van der Waals surface area contributed by atoms with E-state index in [2.05, 4.69) is 10.3 Å². The van der Waals surface area contributed by atoms with Crippen molar-refractivity contribution in [3.8, 4) is 0 Å². The van der Waals surface area contributed by atoms with Gasteiger partial charge in [-0.3, -0.25) is 9.78 Å². The number of aromatic nitrogens is 1. The molecule has 0 unspecified atom stereocenters. The van der Waals surface area contributed by atoms with E-state index < -0.39 is 5.97 Å². The number of anilines is 1. The first kappa shape index (κ1) is 13.7. The van der Waals surface area contributed by atoms with Crippen LogP contribution in [0.5, 0.6) is 0 Å². The molecule has 20 heavy (non-hydrogen) atoms. The summed E-state index contributed by atoms with van der Waals surface area (Å²) in [5.74, 6) is -1.13. The second-order valence-corrected chi connectivity index (χ2v) is 4.42. The summed E-state index contributed by atoms with van der Waals surface area (Å²) < 4.78 is 0. The quantitative estimate of drug-likeness (QED) is 0.893. The topological polar surface area (TPSA) is 79.3 Å². The minimum Gasteiger partial charge on any atom is -0.478 e. The van der Waals surface area contributed by atoms with Crippen molar-refractivity contribution >= 4 is 17.6 Å². The number of nitrogens with zero attached hydrogens (tertiary/aromatic N) is 1. The molecule has 1 aromatic carbocycles. The molecule has 5 nitrogen and oxygen atoms in total. The third-order valence-electron chi connectivity index (χ3n) is 2.86. The van der Waals surface area contributed by atoms with Gasteiger partial charge in [0.2, 0.25) is 5.91 Å². The van der Waals surface area contributed by atoms with Crippen molar-refractivity contribution in [3.63, 3.8) is 0 Å². The van der Waals surface area contributed by atoms with Crippen molar-refractivity contribution in [2.45, 2.75) is 13.3 Å². The molecule has 0 atom stereocenters. The normalized spacial score (nSPS) is 10.1. The van der Waals surface area contributed by atoms with E-state index >= 15 is 0 Å². The Bertz CT molecular complexity index is 639. The van der Waals surface area contributed by atoms with Gasteiger partial charge in [0.25, 0.3) is 0 Å². The van der Waals surface area contributed by atoms with E-state index in [1.807, 2.05) is 0 Å². The monoisotopic (exact) mass is 270 g/mol. The zero-order chi connectivity index (χ0) is 14.5. The maximum atomic E-state index is 11.9. The van der Waals surface area contributed by atoms with Crippen LogP contribution in [0.15, 0.2) is 42.7 Å². The second kappa shape index (κ2) is 5.97. The Morgan fingerprint density at radius 1 is 1.20 bits per heavy atom. The fourth-order valence-electron chi connectivity index (χ4n) is 1.82. The molecule has 1 heterocycles. The lowest BCUT2D eigenvalue weighted by Gasteiger charge is -2.09. The first-order valence-electron chi connectivity index (χ1n) is 6.09. The SMILES string of the molecule is Cc1cc(C(=O)O)ccc1NC(=O)Cc1ccncc1. The molecule has 1 amide bonds. The molecular formula is C15H14N2O3. The van der Waals surface area contributed by atoms with Crippen molar-refractivity contribution in [1.82, 2.24) is 4.98 Å². The molecule has 102 valence electrons. The molecule has 2 aromatic rings. The highest BCUT2D eigenvalue weighted by atomic mass is 16.4. The highest BCUT2D eigenvalue weighted by Gasteiger charge is 2.08. The van der Waals surface area contributed by atoms with E-state index in [1.54, 1.807) is 37.5 Å². The maximum absolute atomic E-state index is 11.9. The number of aryl methyl sites for hydroxylation is 1. The van der Waals surface area contributed by atoms with Gasteiger partial charge in [-0.05, 0) is 48.4 Å². The van der Waals surface area contributed by atoms with E-state index in [0.717, 1.165) is 5.56 Å². The van der Waals surface area contributed by atoms with Gasteiger partial charge in [-0.25, -0.2) is 4.79 Å². The Hall–Kier alpha value is -2.69. The number of carboxylic acid groups (broad SMARTS) is 1. The molecular weight excluding hydrogens is 256 g/mol. The van der Waals surface area contributed by atoms with Crippen LogP contribution in [-0.4, -0.2) is 22.0 Å². The summed E-state index contributed by atoms with van der Waals surface area (Å²) in [6.45, 7) is 1.76. The summed E-state index contributed by atoms with van der Waals surface area (Å²) in [6.07, 6.45) is 3.52. The molecule has 0 radical (unpaired) electrons. The van der Waals surface area contributed by atoms with Crippen LogP contribution in [0.4, 0.5) is 5.69 Å². The van der Waals surface area contributed by atoms with Gasteiger partial charge in [-0.15, -0.1) is 0 Å². The number of benzene rings is 1. The number of carboxylic acids is 1. The molecule has 2 N–H and O–H groups in total. The van der Waals surface area contributed by atoms with Crippen molar-refractivity contribution in [2.75, 3.05) is 5.32 Å². The van der Waals surface area contributed by atoms with Crippen LogP contribution >= 0.6 is 0 Å². The Labute approximate surface area is 116 Å². The fraction of sp³-hybridized carbons (Fsp3) is 0.133. The molecule has 0 bridgehead atoms. The van der Waals surface area contributed by atoms with Gasteiger partial charge in [-0.1, -0.05) is 0 Å². The number of hydrogen-bond donors (Lipinski definition) is 2. The Morgan fingerprint density at radius 3 is 2.50 bits per heavy atom. The highest BCUT2D eigenvalue weighted by Crippen LogP contribution is 2.17. The van der Waals surface area contributed by atoms with E-state index in [4.69, 9.17) is 5.11 Å². The molecule has 0 aliphatic heterocycles. The first-order valence-corrected chi connectivity index (χ1v) is 6.09. The molecule has 5 heteroatoms. The van der Waals surface area contributed by atoms with Crippen molar-refractivity contribution in [1.29, 1.82) is 0 Å². The van der Waals surface area contributed by atoms with Crippen LogP contribution in [0.1, 0.15) is 21.5 Å². The van der Waals surface area contributed by atoms with Gasteiger partial charge in [0.15, 0.2) is 0 Å². The molecule has 0 spiro atoms. The number of pyridine rings is 1. The van der Waals surface area contributed by atoms with E-state index in [1.165, 1.54) is 12.1 Å². The molecule has 0 saturated carbocycles. The Balaban J connectivity index is 2.06. The average Bonchev–Trinajstić information content (AvgIpc) is 2.42. The zero-order valence-electron chi connectivity index (χ0n) is 11.0. The average molecular weight is 270 g/mol. The van der Waals surface area contributed by atoms with Crippen molar-refractivity contribution < 1.29 is 14.7 Å². The van der Waals surface area contributed by atoms with Gasteiger partial charge in [0.1, 0.15) is 0 Å². The smallest absolute Gasteiger partial charge is 0.335 e. The molecule has 0 aliphatic rings. The predicted molar refractivity (Wildman–Crippen MR) is 74.7 cm³/mol. The summed E-state index contributed by atoms with van der Waals surface area (Å²) >= 11 is 0. The third-order valence-corrected chi connectivity index (χ3v) is 2.86. The number of aromatic carboxylic acids is 1. The fourth-order valence-corrected chi connectivity index (χ4v) is 1.82. The highest BCUT2D eigenvalue weighted by molar-refractivity contribution is 5.94. The lowest BCUT2D eigenvalue weighted by Crippen LogP contribution is -2.15. The van der Waals surface area contributed by atoms with E-state index in [-0.39, 0.29) is 17.9 Å². The Morgan fingerprint density at radius 2 is 1.90 bits per heavy atom. The van der Waals surface area contributed by atoms with Crippen molar-refractivity contribution in [3.05, 3.63) is 59.4 Å².